The number of nitrogens with zero attached hydrogens (tertiary/aromatic N) is 2. The van der Waals surface area contributed by atoms with Gasteiger partial charge in [0, 0.05) is 19.5 Å². The van der Waals surface area contributed by atoms with Gasteiger partial charge in [-0.25, -0.2) is 4.98 Å². The standard InChI is InChI=1S/C14H18N2/c1-10(2)14-12-8-6-5-7-11(12)9-13(15-14)16(3)4/h5-10H,1-4H3. The van der Waals surface area contributed by atoms with Crippen molar-refractivity contribution in [3.8, 4) is 0 Å². The van der Waals surface area contributed by atoms with E-state index in [0.717, 1.165) is 5.82 Å². The highest BCUT2D eigenvalue weighted by Gasteiger charge is 2.09. The summed E-state index contributed by atoms with van der Waals surface area (Å²) >= 11 is 0. The van der Waals surface area contributed by atoms with Gasteiger partial charge in [-0.1, -0.05) is 38.1 Å². The minimum absolute atomic E-state index is 0.449. The Hall–Kier alpha value is -1.57. The summed E-state index contributed by atoms with van der Waals surface area (Å²) in [5.41, 5.74) is 1.18. The highest BCUT2D eigenvalue weighted by molar-refractivity contribution is 5.87. The number of aromatic nitrogens is 1. The number of rotatable bonds is 2. The molecule has 0 radical (unpaired) electrons. The highest BCUT2D eigenvalue weighted by Crippen LogP contribution is 2.26. The van der Waals surface area contributed by atoms with Crippen molar-refractivity contribution in [1.82, 2.24) is 4.98 Å². The molecule has 0 aliphatic heterocycles. The third-order valence-corrected chi connectivity index (χ3v) is 2.76. The third-order valence-electron chi connectivity index (χ3n) is 2.76. The fourth-order valence-electron chi connectivity index (χ4n) is 1.88. The molecule has 1 heterocycles. The van der Waals surface area contributed by atoms with E-state index in [-0.39, 0.29) is 0 Å². The molecule has 0 fully saturated rings. The SMILES string of the molecule is CC(C)c1nc(N(C)C)cc2ccccc12. The van der Waals surface area contributed by atoms with Crippen LogP contribution in [0.15, 0.2) is 30.3 Å². The highest BCUT2D eigenvalue weighted by atomic mass is 15.1. The first-order valence-electron chi connectivity index (χ1n) is 5.66. The molecule has 0 aliphatic carbocycles. The molecular formula is C14H18N2. The van der Waals surface area contributed by atoms with Gasteiger partial charge in [0.25, 0.3) is 0 Å². The predicted octanol–water partition coefficient (Wildman–Crippen LogP) is 3.42. The fourth-order valence-corrected chi connectivity index (χ4v) is 1.88. The molecule has 2 rings (SSSR count). The second-order valence-corrected chi connectivity index (χ2v) is 4.64. The van der Waals surface area contributed by atoms with Crippen LogP contribution in [0.4, 0.5) is 5.82 Å². The van der Waals surface area contributed by atoms with E-state index >= 15 is 0 Å². The first kappa shape index (κ1) is 10.9. The van der Waals surface area contributed by atoms with Crippen LogP contribution in [0.1, 0.15) is 25.5 Å². The molecule has 1 aromatic heterocycles. The van der Waals surface area contributed by atoms with Gasteiger partial charge >= 0.3 is 0 Å². The number of benzene rings is 1. The molecule has 1 aromatic carbocycles. The Morgan fingerprint density at radius 1 is 1.12 bits per heavy atom. The maximum absolute atomic E-state index is 4.73. The topological polar surface area (TPSA) is 16.1 Å². The minimum atomic E-state index is 0.449. The van der Waals surface area contributed by atoms with Gasteiger partial charge in [0.2, 0.25) is 0 Å². The van der Waals surface area contributed by atoms with Crippen LogP contribution in [0.25, 0.3) is 10.8 Å². The largest absolute Gasteiger partial charge is 0.363 e. The van der Waals surface area contributed by atoms with Crippen molar-refractivity contribution >= 4 is 16.6 Å². The molecule has 2 aromatic rings. The molecule has 16 heavy (non-hydrogen) atoms. The van der Waals surface area contributed by atoms with E-state index in [0.29, 0.717) is 5.92 Å². The van der Waals surface area contributed by atoms with Crippen LogP contribution in [-0.4, -0.2) is 19.1 Å². The van der Waals surface area contributed by atoms with E-state index in [1.165, 1.54) is 16.5 Å². The number of hydrogen-bond acceptors (Lipinski definition) is 2. The zero-order valence-electron chi connectivity index (χ0n) is 10.4. The van der Waals surface area contributed by atoms with Gasteiger partial charge in [-0.15, -0.1) is 0 Å². The Kier molecular flexibility index (Phi) is 2.82. The summed E-state index contributed by atoms with van der Waals surface area (Å²) in [4.78, 5) is 6.78. The van der Waals surface area contributed by atoms with Crippen LogP contribution >= 0.6 is 0 Å². The molecule has 0 aliphatic rings. The van der Waals surface area contributed by atoms with Crippen molar-refractivity contribution < 1.29 is 0 Å². The lowest BCUT2D eigenvalue weighted by Crippen LogP contribution is -2.12. The Balaban J connectivity index is 2.74. The predicted molar refractivity (Wildman–Crippen MR) is 70.2 cm³/mol. The maximum Gasteiger partial charge on any atom is 0.128 e. The van der Waals surface area contributed by atoms with Gasteiger partial charge in [0.1, 0.15) is 5.82 Å². The normalized spacial score (nSPS) is 11.1. The molecule has 0 unspecified atom stereocenters. The summed E-state index contributed by atoms with van der Waals surface area (Å²) in [6.07, 6.45) is 0. The van der Waals surface area contributed by atoms with Gasteiger partial charge in [-0.2, -0.15) is 0 Å². The van der Waals surface area contributed by atoms with Crippen LogP contribution in [0, 0.1) is 0 Å². The van der Waals surface area contributed by atoms with Crippen LogP contribution in [0.3, 0.4) is 0 Å². The molecule has 0 spiro atoms. The summed E-state index contributed by atoms with van der Waals surface area (Å²) in [6.45, 7) is 4.38. The first-order chi connectivity index (χ1) is 7.59. The second kappa shape index (κ2) is 4.12. The third kappa shape index (κ3) is 1.87. The van der Waals surface area contributed by atoms with Gasteiger partial charge in [-0.05, 0) is 17.4 Å². The molecule has 84 valence electrons. The first-order valence-corrected chi connectivity index (χ1v) is 5.66. The number of pyridine rings is 1. The Morgan fingerprint density at radius 3 is 2.44 bits per heavy atom. The van der Waals surface area contributed by atoms with Gasteiger partial charge in [-0.3, -0.25) is 0 Å². The van der Waals surface area contributed by atoms with Crippen molar-refractivity contribution in [3.05, 3.63) is 36.0 Å². The van der Waals surface area contributed by atoms with Gasteiger partial charge < -0.3 is 4.90 Å². The second-order valence-electron chi connectivity index (χ2n) is 4.64. The van der Waals surface area contributed by atoms with E-state index in [1.54, 1.807) is 0 Å². The molecule has 0 saturated carbocycles. The van der Waals surface area contributed by atoms with E-state index in [1.807, 2.05) is 14.1 Å². The van der Waals surface area contributed by atoms with Crippen molar-refractivity contribution in [1.29, 1.82) is 0 Å². The van der Waals surface area contributed by atoms with Crippen LogP contribution < -0.4 is 4.90 Å². The quantitative estimate of drug-likeness (QED) is 0.761. The molecule has 0 N–H and O–H groups in total. The average Bonchev–Trinajstić information content (AvgIpc) is 2.27. The summed E-state index contributed by atoms with van der Waals surface area (Å²) in [6, 6.07) is 10.6. The Labute approximate surface area is 96.9 Å². The molecule has 0 bridgehead atoms. The maximum atomic E-state index is 4.73. The molecular weight excluding hydrogens is 196 g/mol. The van der Waals surface area contributed by atoms with Gasteiger partial charge in [0.05, 0.1) is 5.69 Å². The van der Waals surface area contributed by atoms with Gasteiger partial charge in [0.15, 0.2) is 0 Å². The molecule has 0 amide bonds. The molecule has 2 nitrogen and oxygen atoms in total. The van der Waals surface area contributed by atoms with Crippen molar-refractivity contribution in [2.24, 2.45) is 0 Å². The molecule has 0 saturated heterocycles. The van der Waals surface area contributed by atoms with E-state index in [4.69, 9.17) is 4.98 Å². The van der Waals surface area contributed by atoms with Crippen LogP contribution in [-0.2, 0) is 0 Å². The number of fused-ring (bicyclic) bond motifs is 1. The van der Waals surface area contributed by atoms with Crippen molar-refractivity contribution in [2.75, 3.05) is 19.0 Å². The lowest BCUT2D eigenvalue weighted by Gasteiger charge is -2.16. The summed E-state index contributed by atoms with van der Waals surface area (Å²) in [5.74, 6) is 1.48. The van der Waals surface area contributed by atoms with E-state index < -0.39 is 0 Å². The zero-order valence-corrected chi connectivity index (χ0v) is 10.4. The summed E-state index contributed by atoms with van der Waals surface area (Å²) in [7, 11) is 4.06. The van der Waals surface area contributed by atoms with Crippen molar-refractivity contribution in [2.45, 2.75) is 19.8 Å². The monoisotopic (exact) mass is 214 g/mol. The number of anilines is 1. The zero-order chi connectivity index (χ0) is 11.7. The molecule has 2 heteroatoms. The summed E-state index contributed by atoms with van der Waals surface area (Å²) in [5, 5.41) is 2.54. The van der Waals surface area contributed by atoms with Crippen molar-refractivity contribution in [3.63, 3.8) is 0 Å². The lowest BCUT2D eigenvalue weighted by atomic mass is 10.0. The van der Waals surface area contributed by atoms with E-state index in [2.05, 4.69) is 49.1 Å². The smallest absolute Gasteiger partial charge is 0.128 e. The minimum Gasteiger partial charge on any atom is -0.363 e. The fraction of sp³-hybridized carbons (Fsp3) is 0.357. The number of hydrogen-bond donors (Lipinski definition) is 0. The molecule has 0 atom stereocenters. The summed E-state index contributed by atoms with van der Waals surface area (Å²) < 4.78 is 0. The Bertz CT molecular complexity index is 501. The van der Waals surface area contributed by atoms with Crippen LogP contribution in [0.2, 0.25) is 0 Å². The Morgan fingerprint density at radius 2 is 1.81 bits per heavy atom. The average molecular weight is 214 g/mol. The van der Waals surface area contributed by atoms with E-state index in [9.17, 15) is 0 Å². The lowest BCUT2D eigenvalue weighted by molar-refractivity contribution is 0.830. The van der Waals surface area contributed by atoms with Crippen LogP contribution in [0.5, 0.6) is 0 Å².